The van der Waals surface area contributed by atoms with Crippen LogP contribution in [-0.2, 0) is 0 Å². The van der Waals surface area contributed by atoms with Gasteiger partial charge < -0.3 is 5.32 Å². The zero-order valence-electron chi connectivity index (χ0n) is 11.9. The molecule has 0 saturated heterocycles. The van der Waals surface area contributed by atoms with E-state index in [1.807, 2.05) is 36.5 Å². The second-order valence-electron chi connectivity index (χ2n) is 5.04. The van der Waals surface area contributed by atoms with E-state index in [-0.39, 0.29) is 6.04 Å². The monoisotopic (exact) mass is 296 g/mol. The molecule has 0 aliphatic rings. The summed E-state index contributed by atoms with van der Waals surface area (Å²) in [6.45, 7) is 2.17. The number of pyridine rings is 1. The molecule has 21 heavy (non-hydrogen) atoms. The minimum atomic E-state index is 0.245. The minimum absolute atomic E-state index is 0.245. The Morgan fingerprint density at radius 3 is 2.67 bits per heavy atom. The van der Waals surface area contributed by atoms with Gasteiger partial charge in [0.2, 0.25) is 0 Å². The van der Waals surface area contributed by atoms with Gasteiger partial charge >= 0.3 is 0 Å². The molecule has 3 heteroatoms. The van der Waals surface area contributed by atoms with E-state index >= 15 is 0 Å². The molecule has 0 saturated carbocycles. The van der Waals surface area contributed by atoms with Crippen molar-refractivity contribution in [3.8, 4) is 0 Å². The lowest BCUT2D eigenvalue weighted by atomic mass is 10.0. The molecule has 1 atom stereocenters. The predicted molar refractivity (Wildman–Crippen MR) is 89.8 cm³/mol. The van der Waals surface area contributed by atoms with E-state index < -0.39 is 0 Å². The topological polar surface area (TPSA) is 24.9 Å². The summed E-state index contributed by atoms with van der Waals surface area (Å²) in [4.78, 5) is 4.48. The normalized spacial score (nSPS) is 12.3. The summed E-state index contributed by atoms with van der Waals surface area (Å²) in [5, 5.41) is 5.36. The molecular formula is C18H17ClN2. The van der Waals surface area contributed by atoms with E-state index in [9.17, 15) is 0 Å². The molecule has 3 rings (SSSR count). The molecule has 1 aromatic heterocycles. The third kappa shape index (κ3) is 3.01. The highest BCUT2D eigenvalue weighted by molar-refractivity contribution is 6.31. The lowest BCUT2D eigenvalue weighted by Gasteiger charge is -2.20. The maximum atomic E-state index is 6.23. The van der Waals surface area contributed by atoms with Gasteiger partial charge in [-0.25, -0.2) is 0 Å². The van der Waals surface area contributed by atoms with Crippen molar-refractivity contribution >= 4 is 28.2 Å². The largest absolute Gasteiger partial charge is 0.376 e. The van der Waals surface area contributed by atoms with Crippen LogP contribution in [0.4, 0.5) is 5.69 Å². The van der Waals surface area contributed by atoms with Crippen LogP contribution in [0, 0.1) is 0 Å². The molecule has 3 aromatic rings. The number of hydrogen-bond acceptors (Lipinski definition) is 2. The number of hydrogen-bond donors (Lipinski definition) is 1. The molecule has 0 amide bonds. The fraction of sp³-hybridized carbons (Fsp3) is 0.167. The molecule has 0 fully saturated rings. The van der Waals surface area contributed by atoms with Crippen LogP contribution in [-0.4, -0.2) is 4.98 Å². The van der Waals surface area contributed by atoms with E-state index in [0.717, 1.165) is 28.0 Å². The smallest absolute Gasteiger partial charge is 0.0934 e. The minimum Gasteiger partial charge on any atom is -0.376 e. The molecule has 0 aliphatic carbocycles. The van der Waals surface area contributed by atoms with Crippen molar-refractivity contribution < 1.29 is 0 Å². The number of nitrogens with zero attached hydrogens (tertiary/aromatic N) is 1. The fourth-order valence-electron chi connectivity index (χ4n) is 2.56. The van der Waals surface area contributed by atoms with Gasteiger partial charge in [0.25, 0.3) is 0 Å². The summed E-state index contributed by atoms with van der Waals surface area (Å²) < 4.78 is 0. The quantitative estimate of drug-likeness (QED) is 0.692. The maximum Gasteiger partial charge on any atom is 0.0934 e. The second kappa shape index (κ2) is 6.15. The molecule has 1 N–H and O–H groups in total. The standard InChI is InChI=1S/C18H17ClN2/c1-2-16(13-7-4-3-5-8-13)21-17-12-15(19)11-14-9-6-10-20-18(14)17/h3-12,16,21H,2H2,1H3. The van der Waals surface area contributed by atoms with Gasteiger partial charge in [-0.05, 0) is 30.2 Å². The van der Waals surface area contributed by atoms with Crippen molar-refractivity contribution in [1.82, 2.24) is 4.98 Å². The molecule has 1 heterocycles. The molecule has 106 valence electrons. The maximum absolute atomic E-state index is 6.23. The van der Waals surface area contributed by atoms with E-state index in [1.54, 1.807) is 0 Å². The summed E-state index contributed by atoms with van der Waals surface area (Å²) in [6, 6.07) is 18.5. The van der Waals surface area contributed by atoms with Crippen LogP contribution in [0.3, 0.4) is 0 Å². The Bertz CT molecular complexity index is 741. The Balaban J connectivity index is 2.00. The first-order valence-corrected chi connectivity index (χ1v) is 7.51. The van der Waals surface area contributed by atoms with Gasteiger partial charge in [-0.2, -0.15) is 0 Å². The highest BCUT2D eigenvalue weighted by Crippen LogP contribution is 2.30. The highest BCUT2D eigenvalue weighted by atomic mass is 35.5. The van der Waals surface area contributed by atoms with Crippen LogP contribution in [0.2, 0.25) is 5.02 Å². The van der Waals surface area contributed by atoms with Crippen molar-refractivity contribution in [2.24, 2.45) is 0 Å². The predicted octanol–water partition coefficient (Wildman–Crippen LogP) is 5.45. The zero-order chi connectivity index (χ0) is 14.7. The number of fused-ring (bicyclic) bond motifs is 1. The molecule has 2 aromatic carbocycles. The first-order chi connectivity index (χ1) is 10.3. The van der Waals surface area contributed by atoms with E-state index in [2.05, 4.69) is 41.5 Å². The molecule has 1 unspecified atom stereocenters. The first kappa shape index (κ1) is 13.9. The van der Waals surface area contributed by atoms with Gasteiger partial charge in [-0.1, -0.05) is 54.9 Å². The van der Waals surface area contributed by atoms with Gasteiger partial charge in [0.1, 0.15) is 0 Å². The molecule has 0 bridgehead atoms. The van der Waals surface area contributed by atoms with Gasteiger partial charge in [0.15, 0.2) is 0 Å². The number of anilines is 1. The Hall–Kier alpha value is -2.06. The van der Waals surface area contributed by atoms with Crippen molar-refractivity contribution in [3.05, 3.63) is 71.4 Å². The molecular weight excluding hydrogens is 280 g/mol. The van der Waals surface area contributed by atoms with Gasteiger partial charge in [-0.3, -0.25) is 4.98 Å². The third-order valence-corrected chi connectivity index (χ3v) is 3.83. The van der Waals surface area contributed by atoms with Crippen LogP contribution >= 0.6 is 11.6 Å². The first-order valence-electron chi connectivity index (χ1n) is 7.13. The highest BCUT2D eigenvalue weighted by Gasteiger charge is 2.11. The Morgan fingerprint density at radius 2 is 1.90 bits per heavy atom. The lowest BCUT2D eigenvalue weighted by molar-refractivity contribution is 0.750. The fourth-order valence-corrected chi connectivity index (χ4v) is 2.79. The van der Waals surface area contributed by atoms with Crippen LogP contribution in [0.25, 0.3) is 10.9 Å². The second-order valence-corrected chi connectivity index (χ2v) is 5.48. The van der Waals surface area contributed by atoms with Crippen LogP contribution in [0.1, 0.15) is 24.9 Å². The molecule has 0 aliphatic heterocycles. The van der Waals surface area contributed by atoms with E-state index in [4.69, 9.17) is 11.6 Å². The molecule has 2 nitrogen and oxygen atoms in total. The van der Waals surface area contributed by atoms with Crippen molar-refractivity contribution in [3.63, 3.8) is 0 Å². The van der Waals surface area contributed by atoms with Crippen molar-refractivity contribution in [2.75, 3.05) is 5.32 Å². The number of nitrogens with one attached hydrogen (secondary N) is 1. The molecule has 0 radical (unpaired) electrons. The average Bonchev–Trinajstić information content (AvgIpc) is 2.53. The average molecular weight is 297 g/mol. The Labute approximate surface area is 129 Å². The summed E-state index contributed by atoms with van der Waals surface area (Å²) in [5.74, 6) is 0. The van der Waals surface area contributed by atoms with Crippen LogP contribution in [0.15, 0.2) is 60.8 Å². The summed E-state index contributed by atoms with van der Waals surface area (Å²) >= 11 is 6.23. The van der Waals surface area contributed by atoms with Crippen LogP contribution in [0.5, 0.6) is 0 Å². The zero-order valence-corrected chi connectivity index (χ0v) is 12.6. The molecule has 0 spiro atoms. The third-order valence-electron chi connectivity index (χ3n) is 3.61. The summed E-state index contributed by atoms with van der Waals surface area (Å²) in [5.41, 5.74) is 3.20. The Kier molecular flexibility index (Phi) is 4.07. The van der Waals surface area contributed by atoms with Gasteiger partial charge in [0, 0.05) is 16.6 Å². The van der Waals surface area contributed by atoms with Gasteiger partial charge in [0.05, 0.1) is 17.2 Å². The van der Waals surface area contributed by atoms with E-state index in [1.165, 1.54) is 5.56 Å². The van der Waals surface area contributed by atoms with Gasteiger partial charge in [-0.15, -0.1) is 0 Å². The number of halogens is 1. The lowest BCUT2D eigenvalue weighted by Crippen LogP contribution is -2.10. The van der Waals surface area contributed by atoms with Crippen molar-refractivity contribution in [1.29, 1.82) is 0 Å². The summed E-state index contributed by atoms with van der Waals surface area (Å²) in [6.07, 6.45) is 2.80. The number of rotatable bonds is 4. The number of aromatic nitrogens is 1. The Morgan fingerprint density at radius 1 is 1.10 bits per heavy atom. The van der Waals surface area contributed by atoms with Crippen LogP contribution < -0.4 is 5.32 Å². The SMILES string of the molecule is CCC(Nc1cc(Cl)cc2cccnc12)c1ccccc1. The van der Waals surface area contributed by atoms with Crippen molar-refractivity contribution in [2.45, 2.75) is 19.4 Å². The van der Waals surface area contributed by atoms with E-state index in [0.29, 0.717) is 0 Å². The number of benzene rings is 2. The summed E-state index contributed by atoms with van der Waals surface area (Å²) in [7, 11) is 0.